The average Bonchev–Trinajstić information content (AvgIpc) is 2.09. The van der Waals surface area contributed by atoms with Gasteiger partial charge in [-0.3, -0.25) is 14.3 Å². The minimum absolute atomic E-state index is 0.00445. The topological polar surface area (TPSA) is 101 Å². The summed E-state index contributed by atoms with van der Waals surface area (Å²) in [6, 6.07) is 0. The molecule has 1 aromatic heterocycles. The summed E-state index contributed by atoms with van der Waals surface area (Å²) in [5.41, 5.74) is 4.24. The summed E-state index contributed by atoms with van der Waals surface area (Å²) in [5.74, 6) is 0. The van der Waals surface area contributed by atoms with E-state index in [1.165, 1.54) is 10.8 Å². The Hall–Kier alpha value is -1.56. The molecule has 0 aliphatic rings. The highest BCUT2D eigenvalue weighted by molar-refractivity contribution is 5.30. The molecule has 1 rings (SSSR count). The van der Waals surface area contributed by atoms with Crippen LogP contribution < -0.4 is 17.0 Å². The van der Waals surface area contributed by atoms with Crippen molar-refractivity contribution in [3.8, 4) is 0 Å². The first-order valence-corrected chi connectivity index (χ1v) is 4.28. The van der Waals surface area contributed by atoms with Crippen LogP contribution in [0.5, 0.6) is 0 Å². The Morgan fingerprint density at radius 1 is 1.64 bits per heavy atom. The molecule has 0 radical (unpaired) electrons. The molecule has 14 heavy (non-hydrogen) atoms. The third-order valence-corrected chi connectivity index (χ3v) is 1.83. The van der Waals surface area contributed by atoms with Crippen LogP contribution in [-0.2, 0) is 6.54 Å². The van der Waals surface area contributed by atoms with E-state index in [4.69, 9.17) is 10.8 Å². The van der Waals surface area contributed by atoms with Gasteiger partial charge in [-0.25, -0.2) is 4.79 Å². The number of hydrogen-bond acceptors (Lipinski definition) is 4. The Balaban J connectivity index is 2.93. The summed E-state index contributed by atoms with van der Waals surface area (Å²) in [4.78, 5) is 24.1. The maximum absolute atomic E-state index is 11.2. The number of aromatic nitrogens is 2. The Bertz CT molecular complexity index is 419. The molecule has 1 aromatic rings. The number of nitrogens with two attached hydrogens (primary N) is 1. The second kappa shape index (κ2) is 4.10. The highest BCUT2D eigenvalue weighted by atomic mass is 16.3. The molecule has 1 atom stereocenters. The van der Waals surface area contributed by atoms with Crippen molar-refractivity contribution in [2.24, 2.45) is 0 Å². The van der Waals surface area contributed by atoms with Crippen LogP contribution in [0, 0.1) is 0 Å². The van der Waals surface area contributed by atoms with E-state index in [0.717, 1.165) is 0 Å². The summed E-state index contributed by atoms with van der Waals surface area (Å²) in [6.45, 7) is 1.96. The lowest BCUT2D eigenvalue weighted by molar-refractivity contribution is 0.177. The second-order valence-electron chi connectivity index (χ2n) is 3.17. The van der Waals surface area contributed by atoms with Gasteiger partial charge in [-0.15, -0.1) is 0 Å². The molecule has 0 saturated heterocycles. The molecule has 0 fully saturated rings. The molecule has 0 saturated carbocycles. The molecule has 6 nitrogen and oxygen atoms in total. The SMILES string of the molecule is CC(O)CCn1cc(N)c(=O)[nH]c1=O. The maximum Gasteiger partial charge on any atom is 0.328 e. The van der Waals surface area contributed by atoms with Crippen molar-refractivity contribution in [3.63, 3.8) is 0 Å². The van der Waals surface area contributed by atoms with Crippen molar-refractivity contribution in [1.82, 2.24) is 9.55 Å². The fraction of sp³-hybridized carbons (Fsp3) is 0.500. The van der Waals surface area contributed by atoms with E-state index < -0.39 is 17.4 Å². The molecule has 1 unspecified atom stereocenters. The van der Waals surface area contributed by atoms with E-state index >= 15 is 0 Å². The summed E-state index contributed by atoms with van der Waals surface area (Å²) in [6.07, 6.45) is 1.23. The quantitative estimate of drug-likeness (QED) is 0.574. The van der Waals surface area contributed by atoms with Crippen LogP contribution >= 0.6 is 0 Å². The van der Waals surface area contributed by atoms with Crippen molar-refractivity contribution in [2.75, 3.05) is 5.73 Å². The standard InChI is InChI=1S/C8H13N3O3/c1-5(12)2-3-11-4-6(9)7(13)10-8(11)14/h4-5,12H,2-3,9H2,1H3,(H,10,13,14). The van der Waals surface area contributed by atoms with Crippen LogP contribution in [0.2, 0.25) is 0 Å². The summed E-state index contributed by atoms with van der Waals surface area (Å²) in [7, 11) is 0. The van der Waals surface area contributed by atoms with Gasteiger partial charge in [-0.05, 0) is 13.3 Å². The van der Waals surface area contributed by atoms with E-state index in [9.17, 15) is 9.59 Å². The number of nitrogens with zero attached hydrogens (tertiary/aromatic N) is 1. The highest BCUT2D eigenvalue weighted by Gasteiger charge is 2.02. The lowest BCUT2D eigenvalue weighted by atomic mass is 10.3. The van der Waals surface area contributed by atoms with Gasteiger partial charge in [0.2, 0.25) is 0 Å². The van der Waals surface area contributed by atoms with Crippen LogP contribution in [-0.4, -0.2) is 20.8 Å². The largest absolute Gasteiger partial charge is 0.393 e. The van der Waals surface area contributed by atoms with Gasteiger partial charge in [0, 0.05) is 12.7 Å². The Morgan fingerprint density at radius 2 is 2.29 bits per heavy atom. The number of nitrogens with one attached hydrogen (secondary N) is 1. The Kier molecular flexibility index (Phi) is 3.08. The second-order valence-corrected chi connectivity index (χ2v) is 3.17. The average molecular weight is 199 g/mol. The van der Waals surface area contributed by atoms with Crippen LogP contribution in [0.15, 0.2) is 15.8 Å². The molecule has 6 heteroatoms. The fourth-order valence-electron chi connectivity index (χ4n) is 1.02. The first-order valence-electron chi connectivity index (χ1n) is 4.28. The first kappa shape index (κ1) is 10.5. The minimum Gasteiger partial charge on any atom is -0.393 e. The maximum atomic E-state index is 11.2. The highest BCUT2D eigenvalue weighted by Crippen LogP contribution is 1.94. The van der Waals surface area contributed by atoms with E-state index in [-0.39, 0.29) is 5.69 Å². The summed E-state index contributed by atoms with van der Waals surface area (Å²) < 4.78 is 1.27. The smallest absolute Gasteiger partial charge is 0.328 e. The number of rotatable bonds is 3. The molecule has 0 spiro atoms. The van der Waals surface area contributed by atoms with E-state index in [1.807, 2.05) is 0 Å². The molecule has 0 amide bonds. The number of hydrogen-bond donors (Lipinski definition) is 3. The molecule has 0 aliphatic carbocycles. The van der Waals surface area contributed by atoms with Gasteiger partial charge in [0.15, 0.2) is 0 Å². The normalized spacial score (nSPS) is 12.7. The van der Waals surface area contributed by atoms with Gasteiger partial charge < -0.3 is 10.8 Å². The monoisotopic (exact) mass is 199 g/mol. The number of aromatic amines is 1. The van der Waals surface area contributed by atoms with Crippen LogP contribution in [0.4, 0.5) is 5.69 Å². The van der Waals surface area contributed by atoms with Gasteiger partial charge in [0.05, 0.1) is 6.10 Å². The zero-order chi connectivity index (χ0) is 10.7. The lowest BCUT2D eigenvalue weighted by Crippen LogP contribution is -2.31. The third kappa shape index (κ3) is 2.46. The van der Waals surface area contributed by atoms with Gasteiger partial charge in [0.1, 0.15) is 5.69 Å². The van der Waals surface area contributed by atoms with E-state index in [2.05, 4.69) is 4.98 Å². The molecule has 4 N–H and O–H groups in total. The number of H-pyrrole nitrogens is 1. The summed E-state index contributed by atoms with van der Waals surface area (Å²) in [5, 5.41) is 9.01. The molecule has 0 bridgehead atoms. The number of aliphatic hydroxyl groups is 1. The molecule has 78 valence electrons. The van der Waals surface area contributed by atoms with Crippen LogP contribution in [0.3, 0.4) is 0 Å². The number of anilines is 1. The number of aryl methyl sites for hydroxylation is 1. The predicted molar refractivity (Wildman–Crippen MR) is 52.0 cm³/mol. The summed E-state index contributed by atoms with van der Waals surface area (Å²) >= 11 is 0. The molecule has 1 heterocycles. The van der Waals surface area contributed by atoms with Crippen molar-refractivity contribution in [2.45, 2.75) is 26.0 Å². The van der Waals surface area contributed by atoms with Crippen molar-refractivity contribution in [1.29, 1.82) is 0 Å². The molecule has 0 aromatic carbocycles. The first-order chi connectivity index (χ1) is 6.50. The van der Waals surface area contributed by atoms with E-state index in [1.54, 1.807) is 6.92 Å². The van der Waals surface area contributed by atoms with Crippen LogP contribution in [0.1, 0.15) is 13.3 Å². The Morgan fingerprint density at radius 3 is 2.86 bits per heavy atom. The molecular formula is C8H13N3O3. The van der Waals surface area contributed by atoms with Gasteiger partial charge in [-0.2, -0.15) is 0 Å². The zero-order valence-electron chi connectivity index (χ0n) is 7.86. The molecule has 0 aliphatic heterocycles. The predicted octanol–water partition coefficient (Wildman–Crippen LogP) is -1.11. The minimum atomic E-state index is -0.580. The number of nitrogen functional groups attached to an aromatic ring is 1. The Labute approximate surface area is 80.0 Å². The van der Waals surface area contributed by atoms with Gasteiger partial charge >= 0.3 is 5.69 Å². The van der Waals surface area contributed by atoms with Crippen molar-refractivity contribution < 1.29 is 5.11 Å². The lowest BCUT2D eigenvalue weighted by Gasteiger charge is -2.06. The molecular weight excluding hydrogens is 186 g/mol. The fourth-order valence-corrected chi connectivity index (χ4v) is 1.02. The number of aliphatic hydroxyl groups excluding tert-OH is 1. The van der Waals surface area contributed by atoms with Crippen molar-refractivity contribution >= 4 is 5.69 Å². The zero-order valence-corrected chi connectivity index (χ0v) is 7.86. The van der Waals surface area contributed by atoms with Gasteiger partial charge in [-0.1, -0.05) is 0 Å². The van der Waals surface area contributed by atoms with E-state index in [0.29, 0.717) is 13.0 Å². The van der Waals surface area contributed by atoms with Gasteiger partial charge in [0.25, 0.3) is 5.56 Å². The van der Waals surface area contributed by atoms with Crippen LogP contribution in [0.25, 0.3) is 0 Å². The third-order valence-electron chi connectivity index (χ3n) is 1.83. The van der Waals surface area contributed by atoms with Crippen molar-refractivity contribution in [3.05, 3.63) is 27.0 Å².